The molecule has 0 saturated carbocycles. The maximum absolute atomic E-state index is 12.3. The van der Waals surface area contributed by atoms with Gasteiger partial charge in [0.2, 0.25) is 0 Å². The number of likely N-dealkylation sites (tertiary alicyclic amines) is 1. The lowest BCUT2D eigenvalue weighted by Crippen LogP contribution is -2.46. The van der Waals surface area contributed by atoms with Crippen LogP contribution in [0.4, 0.5) is 0 Å². The Bertz CT molecular complexity index is 418. The summed E-state index contributed by atoms with van der Waals surface area (Å²) in [5.41, 5.74) is 0.720. The third kappa shape index (κ3) is 2.87. The number of nitrogens with zero attached hydrogens (tertiary/aromatic N) is 1. The number of hydrogen-bond acceptors (Lipinski definition) is 3. The Hall–Kier alpha value is -1.00. The monoisotopic (exact) mass is 265 g/mol. The van der Waals surface area contributed by atoms with Gasteiger partial charge in [-0.3, -0.25) is 4.79 Å². The molecule has 2 rings (SSSR count). The van der Waals surface area contributed by atoms with Gasteiger partial charge < -0.3 is 9.64 Å². The van der Waals surface area contributed by atoms with Gasteiger partial charge in [-0.2, -0.15) is 0 Å². The van der Waals surface area contributed by atoms with Gasteiger partial charge in [0.15, 0.2) is 0 Å². The number of rotatable bonds is 2. The largest absolute Gasteiger partial charge is 0.379 e. The van der Waals surface area contributed by atoms with Crippen LogP contribution in [0, 0.1) is 5.92 Å². The molecule has 1 amide bonds. The maximum Gasteiger partial charge on any atom is 0.253 e. The molecule has 1 aromatic carbocycles. The lowest BCUT2D eigenvalue weighted by molar-refractivity contribution is -0.00156. The molecule has 0 spiro atoms. The Morgan fingerprint density at radius 1 is 1.39 bits per heavy atom. The number of amides is 1. The number of hydrogen-bond donors (Lipinski definition) is 1. The van der Waals surface area contributed by atoms with Gasteiger partial charge in [-0.25, -0.2) is 0 Å². The van der Waals surface area contributed by atoms with Gasteiger partial charge in [0.1, 0.15) is 0 Å². The highest BCUT2D eigenvalue weighted by Crippen LogP contribution is 2.21. The molecule has 2 unspecified atom stereocenters. The summed E-state index contributed by atoms with van der Waals surface area (Å²) in [6, 6.07) is 7.34. The number of methoxy groups -OCH3 is 1. The molecule has 1 aromatic rings. The van der Waals surface area contributed by atoms with Crippen LogP contribution in [0.5, 0.6) is 0 Å². The highest BCUT2D eigenvalue weighted by atomic mass is 32.1. The van der Waals surface area contributed by atoms with Crippen LogP contribution in [-0.2, 0) is 4.74 Å². The standard InChI is InChI=1S/C14H19NO2S/c1-10-7-8-15(9-13(10)17-2)14(16)11-3-5-12(18)6-4-11/h3-6,10,13,18H,7-9H2,1-2H3. The first-order chi connectivity index (χ1) is 8.61. The van der Waals surface area contributed by atoms with Gasteiger partial charge in [-0.15, -0.1) is 12.6 Å². The lowest BCUT2D eigenvalue weighted by Gasteiger charge is -2.36. The number of carbonyl (C=O) groups excluding carboxylic acids is 1. The van der Waals surface area contributed by atoms with Crippen molar-refractivity contribution in [2.24, 2.45) is 5.92 Å². The second-order valence-electron chi connectivity index (χ2n) is 4.84. The summed E-state index contributed by atoms with van der Waals surface area (Å²) in [4.78, 5) is 15.1. The zero-order valence-electron chi connectivity index (χ0n) is 10.8. The SMILES string of the molecule is COC1CN(C(=O)c2ccc(S)cc2)CCC1C. The fraction of sp³-hybridized carbons (Fsp3) is 0.500. The molecule has 0 N–H and O–H groups in total. The van der Waals surface area contributed by atoms with E-state index in [1.54, 1.807) is 7.11 Å². The molecule has 0 bridgehead atoms. The summed E-state index contributed by atoms with van der Waals surface area (Å²) in [7, 11) is 1.71. The summed E-state index contributed by atoms with van der Waals surface area (Å²) in [6.45, 7) is 3.66. The predicted octanol–water partition coefficient (Wildman–Crippen LogP) is 2.47. The van der Waals surface area contributed by atoms with E-state index in [0.717, 1.165) is 23.4 Å². The summed E-state index contributed by atoms with van der Waals surface area (Å²) >= 11 is 4.22. The van der Waals surface area contributed by atoms with Crippen LogP contribution < -0.4 is 0 Å². The molecule has 18 heavy (non-hydrogen) atoms. The van der Waals surface area contributed by atoms with Gasteiger partial charge in [0.25, 0.3) is 5.91 Å². The van der Waals surface area contributed by atoms with Crippen LogP contribution in [0.1, 0.15) is 23.7 Å². The van der Waals surface area contributed by atoms with E-state index in [4.69, 9.17) is 4.74 Å². The molecular weight excluding hydrogens is 246 g/mol. The second kappa shape index (κ2) is 5.76. The number of benzene rings is 1. The fourth-order valence-corrected chi connectivity index (χ4v) is 2.46. The lowest BCUT2D eigenvalue weighted by atomic mass is 9.95. The Kier molecular flexibility index (Phi) is 4.30. The van der Waals surface area contributed by atoms with Crippen LogP contribution in [0.2, 0.25) is 0 Å². The minimum atomic E-state index is 0.0808. The highest BCUT2D eigenvalue weighted by Gasteiger charge is 2.29. The van der Waals surface area contributed by atoms with Gasteiger partial charge in [0.05, 0.1) is 6.10 Å². The molecule has 0 aromatic heterocycles. The highest BCUT2D eigenvalue weighted by molar-refractivity contribution is 7.80. The normalized spacial score (nSPS) is 24.1. The maximum atomic E-state index is 12.3. The van der Waals surface area contributed by atoms with Crippen LogP contribution in [0.15, 0.2) is 29.2 Å². The predicted molar refractivity (Wildman–Crippen MR) is 74.2 cm³/mol. The Morgan fingerprint density at radius 2 is 2.06 bits per heavy atom. The molecule has 0 aliphatic carbocycles. The molecule has 1 heterocycles. The summed E-state index contributed by atoms with van der Waals surface area (Å²) in [6.07, 6.45) is 1.14. The molecule has 3 nitrogen and oxygen atoms in total. The number of thiol groups is 1. The van der Waals surface area contributed by atoms with Gasteiger partial charge in [-0.1, -0.05) is 6.92 Å². The van der Waals surface area contributed by atoms with Crippen molar-refractivity contribution < 1.29 is 9.53 Å². The first kappa shape index (κ1) is 13.4. The third-order valence-electron chi connectivity index (χ3n) is 3.59. The van der Waals surface area contributed by atoms with Gasteiger partial charge >= 0.3 is 0 Å². The Balaban J connectivity index is 2.07. The van der Waals surface area contributed by atoms with E-state index < -0.39 is 0 Å². The van der Waals surface area contributed by atoms with Crippen molar-refractivity contribution >= 4 is 18.5 Å². The van der Waals surface area contributed by atoms with E-state index in [1.165, 1.54) is 0 Å². The van der Waals surface area contributed by atoms with E-state index in [2.05, 4.69) is 19.6 Å². The van der Waals surface area contributed by atoms with Crippen molar-refractivity contribution in [1.29, 1.82) is 0 Å². The van der Waals surface area contributed by atoms with E-state index >= 15 is 0 Å². The van der Waals surface area contributed by atoms with Gasteiger partial charge in [-0.05, 0) is 36.6 Å². The number of ether oxygens (including phenoxy) is 1. The van der Waals surface area contributed by atoms with Crippen molar-refractivity contribution in [3.8, 4) is 0 Å². The summed E-state index contributed by atoms with van der Waals surface area (Å²) in [5.74, 6) is 0.594. The number of piperidine rings is 1. The molecule has 1 fully saturated rings. The second-order valence-corrected chi connectivity index (χ2v) is 5.35. The molecular formula is C14H19NO2S. The Morgan fingerprint density at radius 3 is 2.67 bits per heavy atom. The van der Waals surface area contributed by atoms with E-state index in [1.807, 2.05) is 29.2 Å². The molecule has 2 atom stereocenters. The van der Waals surface area contributed by atoms with Crippen LogP contribution in [-0.4, -0.2) is 37.1 Å². The van der Waals surface area contributed by atoms with Crippen LogP contribution in [0.3, 0.4) is 0 Å². The molecule has 4 heteroatoms. The first-order valence-corrected chi connectivity index (χ1v) is 6.67. The zero-order valence-corrected chi connectivity index (χ0v) is 11.7. The van der Waals surface area contributed by atoms with Gasteiger partial charge in [0, 0.05) is 30.7 Å². The van der Waals surface area contributed by atoms with Crippen molar-refractivity contribution in [1.82, 2.24) is 4.90 Å². The zero-order chi connectivity index (χ0) is 13.1. The summed E-state index contributed by atoms with van der Waals surface area (Å²) < 4.78 is 5.43. The third-order valence-corrected chi connectivity index (χ3v) is 3.89. The van der Waals surface area contributed by atoms with Crippen molar-refractivity contribution in [2.75, 3.05) is 20.2 Å². The quantitative estimate of drug-likeness (QED) is 0.832. The molecule has 1 aliphatic heterocycles. The van der Waals surface area contributed by atoms with Crippen LogP contribution in [0.25, 0.3) is 0 Å². The van der Waals surface area contributed by atoms with Crippen molar-refractivity contribution in [3.63, 3.8) is 0 Å². The fourth-order valence-electron chi connectivity index (χ4n) is 2.31. The smallest absolute Gasteiger partial charge is 0.253 e. The van der Waals surface area contributed by atoms with E-state index in [0.29, 0.717) is 12.5 Å². The van der Waals surface area contributed by atoms with E-state index in [9.17, 15) is 4.79 Å². The van der Waals surface area contributed by atoms with Crippen molar-refractivity contribution in [3.05, 3.63) is 29.8 Å². The van der Waals surface area contributed by atoms with Crippen molar-refractivity contribution in [2.45, 2.75) is 24.3 Å². The average molecular weight is 265 g/mol. The molecule has 0 radical (unpaired) electrons. The number of carbonyl (C=O) groups is 1. The average Bonchev–Trinajstić information content (AvgIpc) is 2.39. The topological polar surface area (TPSA) is 29.5 Å². The van der Waals surface area contributed by atoms with Crippen LogP contribution >= 0.6 is 12.6 Å². The molecule has 1 aliphatic rings. The molecule has 98 valence electrons. The summed E-state index contributed by atoms with van der Waals surface area (Å²) in [5, 5.41) is 0. The Labute approximate surface area is 114 Å². The minimum absolute atomic E-state index is 0.0808. The molecule has 1 saturated heterocycles. The van der Waals surface area contributed by atoms with E-state index in [-0.39, 0.29) is 12.0 Å². The minimum Gasteiger partial charge on any atom is -0.379 e. The first-order valence-electron chi connectivity index (χ1n) is 6.23.